The maximum atomic E-state index is 5.14. The van der Waals surface area contributed by atoms with Crippen molar-refractivity contribution in [3.05, 3.63) is 181 Å². The summed E-state index contributed by atoms with van der Waals surface area (Å²) in [5.41, 5.74) is 13.8. The van der Waals surface area contributed by atoms with Crippen LogP contribution in [0.15, 0.2) is 180 Å². The molecule has 2 aromatic heterocycles. The van der Waals surface area contributed by atoms with Crippen LogP contribution in [0, 0.1) is 0 Å². The molecule has 0 spiro atoms. The number of hydrogen-bond donors (Lipinski definition) is 0. The molecule has 9 aromatic rings. The van der Waals surface area contributed by atoms with E-state index in [1.54, 1.807) is 11.3 Å². The predicted octanol–water partition coefficient (Wildman–Crippen LogP) is 13.8. The largest absolute Gasteiger partial charge is 0.226 e. The Hall–Kier alpha value is -6.07. The van der Waals surface area contributed by atoms with E-state index in [0.717, 1.165) is 38.4 Å². The number of thiophene rings is 1. The molecule has 52 heavy (non-hydrogen) atoms. The summed E-state index contributed by atoms with van der Waals surface area (Å²) in [6, 6.07) is 60.6. The minimum Gasteiger partial charge on any atom is -0.226 e. The SMILES string of the molecule is C1=Cc2c(cccc2-c2ccc(-c3ccc(-c4ccc(-c5nc(-c6ccccc6)c6sc7ccccc7c6n5)cc4)cc3)cc2)Sc2ccccc21. The lowest BCUT2D eigenvalue weighted by molar-refractivity contribution is 1.24. The zero-order valence-electron chi connectivity index (χ0n) is 28.0. The van der Waals surface area contributed by atoms with Crippen LogP contribution in [0.1, 0.15) is 11.1 Å². The number of rotatable bonds is 5. The molecular formula is C48H30N2S2. The van der Waals surface area contributed by atoms with Gasteiger partial charge >= 0.3 is 0 Å². The van der Waals surface area contributed by atoms with Crippen molar-refractivity contribution >= 4 is 55.6 Å². The van der Waals surface area contributed by atoms with Gasteiger partial charge in [0.25, 0.3) is 0 Å². The Labute approximate surface area is 310 Å². The van der Waals surface area contributed by atoms with Crippen LogP contribution in [0.2, 0.25) is 0 Å². The van der Waals surface area contributed by atoms with E-state index in [-0.39, 0.29) is 0 Å². The van der Waals surface area contributed by atoms with Gasteiger partial charge in [-0.15, -0.1) is 11.3 Å². The van der Waals surface area contributed by atoms with Gasteiger partial charge in [-0.1, -0.05) is 176 Å². The highest BCUT2D eigenvalue weighted by atomic mass is 32.2. The number of nitrogens with zero attached hydrogens (tertiary/aromatic N) is 2. The highest BCUT2D eigenvalue weighted by Crippen LogP contribution is 2.42. The highest BCUT2D eigenvalue weighted by molar-refractivity contribution is 7.99. The Bertz CT molecular complexity index is 2780. The van der Waals surface area contributed by atoms with Crippen LogP contribution in [0.25, 0.3) is 88.5 Å². The summed E-state index contributed by atoms with van der Waals surface area (Å²) in [5.74, 6) is 0.742. The second-order valence-corrected chi connectivity index (χ2v) is 15.1. The fraction of sp³-hybridized carbons (Fsp3) is 0. The van der Waals surface area contributed by atoms with E-state index in [2.05, 4.69) is 176 Å². The van der Waals surface area contributed by atoms with Crippen LogP contribution >= 0.6 is 23.1 Å². The number of benzene rings is 7. The van der Waals surface area contributed by atoms with Crippen LogP contribution in [0.5, 0.6) is 0 Å². The molecule has 7 aromatic carbocycles. The van der Waals surface area contributed by atoms with E-state index in [1.807, 2.05) is 17.8 Å². The summed E-state index contributed by atoms with van der Waals surface area (Å²) in [7, 11) is 0. The average Bonchev–Trinajstić information content (AvgIpc) is 3.48. The maximum Gasteiger partial charge on any atom is 0.160 e. The van der Waals surface area contributed by atoms with Crippen molar-refractivity contribution in [1.82, 2.24) is 9.97 Å². The molecule has 0 aliphatic carbocycles. The van der Waals surface area contributed by atoms with Crippen molar-refractivity contribution in [2.45, 2.75) is 9.79 Å². The molecule has 0 atom stereocenters. The van der Waals surface area contributed by atoms with Crippen molar-refractivity contribution in [3.8, 4) is 56.0 Å². The molecule has 244 valence electrons. The molecule has 1 aliphatic rings. The first kappa shape index (κ1) is 30.7. The summed E-state index contributed by atoms with van der Waals surface area (Å²) >= 11 is 3.60. The van der Waals surface area contributed by atoms with Gasteiger partial charge in [-0.25, -0.2) is 9.97 Å². The third kappa shape index (κ3) is 5.54. The van der Waals surface area contributed by atoms with Gasteiger partial charge in [-0.05, 0) is 62.7 Å². The zero-order valence-corrected chi connectivity index (χ0v) is 29.7. The predicted molar refractivity (Wildman–Crippen MR) is 222 cm³/mol. The molecule has 0 radical (unpaired) electrons. The summed E-state index contributed by atoms with van der Waals surface area (Å²) in [5, 5.41) is 1.17. The summed E-state index contributed by atoms with van der Waals surface area (Å²) in [6.45, 7) is 0. The van der Waals surface area contributed by atoms with Crippen LogP contribution in [0.4, 0.5) is 0 Å². The molecule has 0 amide bonds. The minimum absolute atomic E-state index is 0.742. The summed E-state index contributed by atoms with van der Waals surface area (Å²) < 4.78 is 2.35. The lowest BCUT2D eigenvalue weighted by Crippen LogP contribution is -1.93. The molecule has 2 nitrogen and oxygen atoms in total. The van der Waals surface area contributed by atoms with Gasteiger partial charge in [0.2, 0.25) is 0 Å². The van der Waals surface area contributed by atoms with E-state index in [0.29, 0.717) is 0 Å². The average molecular weight is 699 g/mol. The Balaban J connectivity index is 0.918. The molecule has 10 rings (SSSR count). The van der Waals surface area contributed by atoms with E-state index >= 15 is 0 Å². The van der Waals surface area contributed by atoms with Crippen molar-refractivity contribution in [3.63, 3.8) is 0 Å². The standard InChI is InChI=1S/C48H30N2S2/c1-2-10-37(11-3-1)45-47-46(41-12-5-7-15-44(41)52-47)50-48(49-45)38-27-23-34(24-28-38)32-19-17-31(18-20-32)33-21-25-35(26-22-33)39-13-8-16-43-40(39)30-29-36-9-4-6-14-42(36)51-43/h1-30H. The van der Waals surface area contributed by atoms with Gasteiger partial charge in [0.1, 0.15) is 0 Å². The first-order chi connectivity index (χ1) is 25.7. The van der Waals surface area contributed by atoms with Crippen LogP contribution in [-0.2, 0) is 0 Å². The lowest BCUT2D eigenvalue weighted by Gasteiger charge is -2.12. The van der Waals surface area contributed by atoms with Crippen LogP contribution in [0.3, 0.4) is 0 Å². The maximum absolute atomic E-state index is 5.14. The Kier molecular flexibility index (Phi) is 7.63. The molecule has 4 heteroatoms. The summed E-state index contributed by atoms with van der Waals surface area (Å²) in [6.07, 6.45) is 4.50. The molecule has 1 aliphatic heterocycles. The molecular weight excluding hydrogens is 669 g/mol. The second kappa shape index (κ2) is 12.9. The smallest absolute Gasteiger partial charge is 0.160 e. The minimum atomic E-state index is 0.742. The Morgan fingerprint density at radius 2 is 1.00 bits per heavy atom. The van der Waals surface area contributed by atoms with Gasteiger partial charge in [-0.2, -0.15) is 0 Å². The topological polar surface area (TPSA) is 25.8 Å². The Morgan fingerprint density at radius 3 is 1.73 bits per heavy atom. The van der Waals surface area contributed by atoms with Crippen molar-refractivity contribution in [2.75, 3.05) is 0 Å². The fourth-order valence-corrected chi connectivity index (χ4v) is 9.31. The molecule has 0 saturated carbocycles. The monoisotopic (exact) mass is 698 g/mol. The Morgan fingerprint density at radius 1 is 0.404 bits per heavy atom. The summed E-state index contributed by atoms with van der Waals surface area (Å²) in [4.78, 5) is 12.8. The number of aromatic nitrogens is 2. The number of hydrogen-bond acceptors (Lipinski definition) is 4. The molecule has 3 heterocycles. The zero-order chi connectivity index (χ0) is 34.4. The van der Waals surface area contributed by atoms with Gasteiger partial charge in [0.15, 0.2) is 5.82 Å². The van der Waals surface area contributed by atoms with Crippen molar-refractivity contribution < 1.29 is 0 Å². The second-order valence-electron chi connectivity index (χ2n) is 13.0. The first-order valence-corrected chi connectivity index (χ1v) is 19.0. The quantitative estimate of drug-likeness (QED) is 0.179. The first-order valence-electron chi connectivity index (χ1n) is 17.4. The van der Waals surface area contributed by atoms with Gasteiger partial charge in [0.05, 0.1) is 15.9 Å². The lowest BCUT2D eigenvalue weighted by atomic mass is 9.95. The third-order valence-corrected chi connectivity index (χ3v) is 12.1. The third-order valence-electron chi connectivity index (χ3n) is 9.79. The molecule has 0 unspecified atom stereocenters. The van der Waals surface area contributed by atoms with Gasteiger partial charge in [-0.3, -0.25) is 0 Å². The molecule has 0 bridgehead atoms. The van der Waals surface area contributed by atoms with E-state index < -0.39 is 0 Å². The molecule has 0 saturated heterocycles. The van der Waals surface area contributed by atoms with E-state index in [9.17, 15) is 0 Å². The molecule has 0 N–H and O–H groups in total. The highest BCUT2D eigenvalue weighted by Gasteiger charge is 2.17. The van der Waals surface area contributed by atoms with E-state index in [1.165, 1.54) is 58.8 Å². The van der Waals surface area contributed by atoms with E-state index in [4.69, 9.17) is 9.97 Å². The van der Waals surface area contributed by atoms with Crippen molar-refractivity contribution in [1.29, 1.82) is 0 Å². The van der Waals surface area contributed by atoms with Gasteiger partial charge in [0, 0.05) is 31.0 Å². The fourth-order valence-electron chi connectivity index (χ4n) is 7.08. The van der Waals surface area contributed by atoms with Crippen LogP contribution < -0.4 is 0 Å². The van der Waals surface area contributed by atoms with Gasteiger partial charge < -0.3 is 0 Å². The normalized spacial score (nSPS) is 12.1. The van der Waals surface area contributed by atoms with Crippen molar-refractivity contribution in [2.24, 2.45) is 0 Å². The molecule has 0 fully saturated rings. The van der Waals surface area contributed by atoms with Crippen LogP contribution in [-0.4, -0.2) is 9.97 Å². The number of fused-ring (bicyclic) bond motifs is 5.